The molecule has 0 aromatic heterocycles. The van der Waals surface area contributed by atoms with E-state index in [2.05, 4.69) is 0 Å². The van der Waals surface area contributed by atoms with Gasteiger partial charge in [-0.25, -0.2) is 0 Å². The van der Waals surface area contributed by atoms with E-state index in [1.54, 1.807) is 0 Å². The molecule has 0 heterocycles. The Balaban J connectivity index is 2.66. The third-order valence-corrected chi connectivity index (χ3v) is 3.51. The number of carboxylic acids is 1. The van der Waals surface area contributed by atoms with Crippen LogP contribution in [0.4, 0.5) is 4.39 Å². The second kappa shape index (κ2) is 8.52. The predicted molar refractivity (Wildman–Crippen MR) is 78.8 cm³/mol. The number of carbonyl (C=O) groups excluding carboxylic acids is 1. The van der Waals surface area contributed by atoms with Gasteiger partial charge in [0.2, 0.25) is 0 Å². The van der Waals surface area contributed by atoms with Gasteiger partial charge in [-0.1, -0.05) is 24.3 Å². The second-order valence-corrected chi connectivity index (χ2v) is 5.30. The highest BCUT2D eigenvalue weighted by Crippen LogP contribution is 2.16. The van der Waals surface area contributed by atoms with Crippen LogP contribution in [0.5, 0.6) is 0 Å². The summed E-state index contributed by atoms with van der Waals surface area (Å²) >= 11 is 0. The van der Waals surface area contributed by atoms with Gasteiger partial charge in [0.05, 0.1) is 18.6 Å². The Hall–Kier alpha value is -1.75. The Labute approximate surface area is 124 Å². The van der Waals surface area contributed by atoms with E-state index in [4.69, 9.17) is 5.73 Å². The lowest BCUT2D eigenvalue weighted by Gasteiger charge is -2.16. The first kappa shape index (κ1) is 17.3. The molecule has 1 unspecified atom stereocenters. The zero-order valence-electron chi connectivity index (χ0n) is 12.2. The summed E-state index contributed by atoms with van der Waals surface area (Å²) in [6.07, 6.45) is 1.63. The van der Waals surface area contributed by atoms with Gasteiger partial charge in [-0.05, 0) is 43.7 Å². The molecule has 0 saturated heterocycles. The van der Waals surface area contributed by atoms with Crippen LogP contribution in [0.15, 0.2) is 24.3 Å². The van der Waals surface area contributed by atoms with Crippen LogP contribution in [0, 0.1) is 5.92 Å². The van der Waals surface area contributed by atoms with Crippen molar-refractivity contribution in [2.24, 2.45) is 11.7 Å². The first-order valence-corrected chi connectivity index (χ1v) is 7.06. The molecule has 0 saturated carbocycles. The maximum absolute atomic E-state index is 12.1. The molecule has 0 radical (unpaired) electrons. The number of halogens is 1. The van der Waals surface area contributed by atoms with E-state index >= 15 is 0 Å². The van der Waals surface area contributed by atoms with Crippen molar-refractivity contribution in [3.05, 3.63) is 35.4 Å². The molecule has 116 valence electrons. The number of aliphatic carboxylic acids is 1. The van der Waals surface area contributed by atoms with Crippen LogP contribution in [-0.4, -0.2) is 29.6 Å². The third-order valence-electron chi connectivity index (χ3n) is 3.51. The number of rotatable bonds is 9. The van der Waals surface area contributed by atoms with Gasteiger partial charge in [0.15, 0.2) is 0 Å². The van der Waals surface area contributed by atoms with E-state index in [-0.39, 0.29) is 18.9 Å². The van der Waals surface area contributed by atoms with Crippen molar-refractivity contribution in [2.45, 2.75) is 38.6 Å². The molecule has 0 spiro atoms. The van der Waals surface area contributed by atoms with E-state index < -0.39 is 17.9 Å². The Kier molecular flexibility index (Phi) is 7.02. The molecule has 2 atom stereocenters. The fraction of sp³-hybridized carbons (Fsp3) is 0.500. The monoisotopic (exact) mass is 294 g/mol. The second-order valence-electron chi connectivity index (χ2n) is 5.30. The number of aryl methyl sites for hydroxylation is 1. The number of carbonyl (C=O) groups is 2. The lowest BCUT2D eigenvalue weighted by atomic mass is 9.91. The number of benzene rings is 1. The Morgan fingerprint density at radius 3 is 2.29 bits per heavy atom. The highest BCUT2D eigenvalue weighted by Gasteiger charge is 2.23. The van der Waals surface area contributed by atoms with Gasteiger partial charge in [-0.2, -0.15) is 0 Å². The van der Waals surface area contributed by atoms with Gasteiger partial charge < -0.3 is 10.8 Å². The highest BCUT2D eigenvalue weighted by molar-refractivity contribution is 5.82. The van der Waals surface area contributed by atoms with Gasteiger partial charge in [0, 0.05) is 0 Å². The van der Waals surface area contributed by atoms with Crippen LogP contribution in [0.25, 0.3) is 0 Å². The van der Waals surface area contributed by atoms with Gasteiger partial charge in [-0.15, -0.1) is 0 Å². The quantitative estimate of drug-likeness (QED) is 0.731. The fourth-order valence-corrected chi connectivity index (χ4v) is 2.14. The largest absolute Gasteiger partial charge is 0.481 e. The van der Waals surface area contributed by atoms with Gasteiger partial charge in [-0.3, -0.25) is 14.0 Å². The molecule has 1 aromatic carbocycles. The molecule has 0 fully saturated rings. The van der Waals surface area contributed by atoms with E-state index in [1.807, 2.05) is 24.3 Å². The zero-order chi connectivity index (χ0) is 15.8. The lowest BCUT2D eigenvalue weighted by molar-refractivity contribution is -0.142. The minimum Gasteiger partial charge on any atom is -0.481 e. The number of ketones is 1. The summed E-state index contributed by atoms with van der Waals surface area (Å²) in [4.78, 5) is 22.4. The molecule has 0 amide bonds. The molecule has 0 aliphatic heterocycles. The van der Waals surface area contributed by atoms with Crippen molar-refractivity contribution >= 4 is 11.8 Å². The number of alkyl halides is 1. The molecule has 21 heavy (non-hydrogen) atoms. The molecule has 4 nitrogen and oxygen atoms in total. The van der Waals surface area contributed by atoms with E-state index in [1.165, 1.54) is 6.92 Å². The Morgan fingerprint density at radius 1 is 1.24 bits per heavy atom. The number of hydrogen-bond donors (Lipinski definition) is 2. The van der Waals surface area contributed by atoms with Crippen LogP contribution in [-0.2, 0) is 22.4 Å². The summed E-state index contributed by atoms with van der Waals surface area (Å²) in [6.45, 7) is 1.02. The smallest absolute Gasteiger partial charge is 0.306 e. The topological polar surface area (TPSA) is 80.4 Å². The number of carboxylic acid groups (broad SMARTS) is 1. The average Bonchev–Trinajstić information content (AvgIpc) is 2.45. The summed E-state index contributed by atoms with van der Waals surface area (Å²) in [5.41, 5.74) is 7.55. The molecule has 1 aromatic rings. The van der Waals surface area contributed by atoms with Crippen molar-refractivity contribution < 1.29 is 19.1 Å². The van der Waals surface area contributed by atoms with Crippen molar-refractivity contribution in [1.82, 2.24) is 0 Å². The van der Waals surface area contributed by atoms with Crippen molar-refractivity contribution in [1.29, 1.82) is 0 Å². The van der Waals surface area contributed by atoms with Gasteiger partial charge in [0.25, 0.3) is 0 Å². The maximum atomic E-state index is 12.1. The van der Waals surface area contributed by atoms with Crippen LogP contribution >= 0.6 is 0 Å². The standard InChI is InChI=1S/C16H22FNO3/c1-11(19)15(18)10-14(16(20)21)9-13-6-4-12(5-7-13)3-2-8-17/h4-7,14-15H,2-3,8-10,18H2,1H3,(H,20,21)/t14?,15-/m0/s1/i17-1. The minimum atomic E-state index is -0.951. The van der Waals surface area contributed by atoms with E-state index in [0.717, 1.165) is 11.1 Å². The normalized spacial score (nSPS) is 13.7. The molecular weight excluding hydrogens is 272 g/mol. The van der Waals surface area contributed by atoms with Gasteiger partial charge >= 0.3 is 5.97 Å². The molecule has 5 heteroatoms. The summed E-state index contributed by atoms with van der Waals surface area (Å²) in [5.74, 6) is -1.84. The fourth-order valence-electron chi connectivity index (χ4n) is 2.14. The predicted octanol–water partition coefficient (Wildman–Crippen LogP) is 2.14. The Bertz CT molecular complexity index is 473. The summed E-state index contributed by atoms with van der Waals surface area (Å²) in [7, 11) is 0. The lowest BCUT2D eigenvalue weighted by Crippen LogP contribution is -2.33. The minimum absolute atomic E-state index is 0.133. The van der Waals surface area contributed by atoms with Crippen molar-refractivity contribution in [3.63, 3.8) is 0 Å². The number of nitrogens with two attached hydrogens (primary N) is 1. The van der Waals surface area contributed by atoms with E-state index in [9.17, 15) is 19.1 Å². The first-order chi connectivity index (χ1) is 9.93. The Morgan fingerprint density at radius 2 is 1.81 bits per heavy atom. The highest BCUT2D eigenvalue weighted by atomic mass is 18.2. The van der Waals surface area contributed by atoms with Crippen LogP contribution < -0.4 is 5.73 Å². The molecule has 0 aliphatic carbocycles. The van der Waals surface area contributed by atoms with Crippen LogP contribution in [0.2, 0.25) is 0 Å². The van der Waals surface area contributed by atoms with Gasteiger partial charge in [0.1, 0.15) is 5.78 Å². The summed E-state index contributed by atoms with van der Waals surface area (Å²) in [5, 5.41) is 9.23. The molecule has 1 rings (SSSR count). The van der Waals surface area contributed by atoms with E-state index in [0.29, 0.717) is 19.3 Å². The van der Waals surface area contributed by atoms with Crippen molar-refractivity contribution in [3.8, 4) is 0 Å². The van der Waals surface area contributed by atoms with Crippen molar-refractivity contribution in [2.75, 3.05) is 6.67 Å². The first-order valence-electron chi connectivity index (χ1n) is 7.06. The SMILES string of the molecule is CC(=O)[C@@H](N)CC(Cc1ccc(CCC[18F])cc1)C(=O)O. The van der Waals surface area contributed by atoms with Crippen LogP contribution in [0.1, 0.15) is 30.9 Å². The maximum Gasteiger partial charge on any atom is 0.306 e. The molecule has 3 N–H and O–H groups in total. The average molecular weight is 294 g/mol. The molecule has 0 aliphatic rings. The number of hydrogen-bond acceptors (Lipinski definition) is 3. The number of Topliss-reactive ketones (excluding diaryl/α,β-unsaturated/α-hetero) is 1. The molecule has 0 bridgehead atoms. The summed E-state index contributed by atoms with van der Waals surface area (Å²) < 4.78 is 12.1. The third kappa shape index (κ3) is 6.04. The zero-order valence-corrected chi connectivity index (χ0v) is 12.2. The summed E-state index contributed by atoms with van der Waals surface area (Å²) in [6, 6.07) is 6.73. The molecular formula is C16H22FNO3. The van der Waals surface area contributed by atoms with Crippen LogP contribution in [0.3, 0.4) is 0 Å².